The van der Waals surface area contributed by atoms with Crippen molar-refractivity contribution in [2.45, 2.75) is 33.6 Å². The molecule has 0 radical (unpaired) electrons. The molecule has 0 spiro atoms. The van der Waals surface area contributed by atoms with Crippen molar-refractivity contribution < 1.29 is 19.3 Å². The molecular formula is C32H27BrN6O7. The van der Waals surface area contributed by atoms with E-state index in [1.165, 1.54) is 35.2 Å². The summed E-state index contributed by atoms with van der Waals surface area (Å²) in [5.74, 6) is 0.908. The molecule has 0 aliphatic heterocycles. The third-order valence-corrected chi connectivity index (χ3v) is 7.57. The van der Waals surface area contributed by atoms with Crippen LogP contribution in [0, 0.1) is 27.2 Å². The van der Waals surface area contributed by atoms with Gasteiger partial charge in [-0.25, -0.2) is 9.97 Å². The van der Waals surface area contributed by atoms with Gasteiger partial charge >= 0.3 is 5.69 Å². The maximum absolute atomic E-state index is 13.8. The van der Waals surface area contributed by atoms with Crippen LogP contribution < -0.4 is 15.0 Å². The van der Waals surface area contributed by atoms with Crippen molar-refractivity contribution in [3.8, 4) is 28.8 Å². The quantitative estimate of drug-likeness (QED) is 0.0819. The van der Waals surface area contributed by atoms with Crippen LogP contribution >= 0.6 is 15.9 Å². The van der Waals surface area contributed by atoms with E-state index in [1.807, 2.05) is 39.8 Å². The van der Waals surface area contributed by atoms with Crippen molar-refractivity contribution in [2.75, 3.05) is 6.61 Å². The standard InChI is InChI=1S/C32H27BrN6O7/c1-5-45-28-12-19(4)24(15-23(28)18(2)3)31-36-26-9-7-6-8-22(26)32(40)37(31)35-16-20-13-25(33)30(27(14-20)39(43)44)46-29-11-10-21(17-34-29)38(41)42/h6-18H,5H2,1-4H3. The topological polar surface area (TPSA) is 165 Å². The molecule has 2 heterocycles. The van der Waals surface area contributed by atoms with Crippen LogP contribution in [0.1, 0.15) is 43.4 Å². The van der Waals surface area contributed by atoms with Gasteiger partial charge in [0.2, 0.25) is 11.6 Å². The molecule has 234 valence electrons. The molecule has 2 aromatic heterocycles. The van der Waals surface area contributed by atoms with E-state index in [4.69, 9.17) is 14.5 Å². The smallest absolute Gasteiger partial charge is 0.313 e. The Morgan fingerprint density at radius 2 is 1.83 bits per heavy atom. The maximum Gasteiger partial charge on any atom is 0.313 e. The molecule has 0 aliphatic carbocycles. The van der Waals surface area contributed by atoms with Crippen LogP contribution in [0.3, 0.4) is 0 Å². The predicted octanol–water partition coefficient (Wildman–Crippen LogP) is 7.54. The zero-order chi connectivity index (χ0) is 33.1. The third-order valence-electron chi connectivity index (χ3n) is 6.98. The Balaban J connectivity index is 1.63. The lowest BCUT2D eigenvalue weighted by atomic mass is 9.96. The molecule has 0 fully saturated rings. The van der Waals surface area contributed by atoms with Crippen molar-refractivity contribution in [3.05, 3.63) is 119 Å². The van der Waals surface area contributed by atoms with Crippen molar-refractivity contribution in [1.29, 1.82) is 0 Å². The Bertz CT molecular complexity index is 2080. The molecule has 0 atom stereocenters. The molecule has 0 amide bonds. The Morgan fingerprint density at radius 3 is 2.48 bits per heavy atom. The van der Waals surface area contributed by atoms with E-state index in [9.17, 15) is 25.0 Å². The molecule has 5 aromatic rings. The first-order chi connectivity index (χ1) is 22.0. The summed E-state index contributed by atoms with van der Waals surface area (Å²) in [6.45, 7) is 8.41. The number of ether oxygens (including phenoxy) is 2. The first kappa shape index (κ1) is 31.9. The van der Waals surface area contributed by atoms with Gasteiger partial charge in [-0.2, -0.15) is 9.78 Å². The second-order valence-electron chi connectivity index (χ2n) is 10.4. The number of nitrogens with zero attached hydrogens (tertiary/aromatic N) is 6. The maximum atomic E-state index is 13.8. The zero-order valence-corrected chi connectivity index (χ0v) is 26.7. The summed E-state index contributed by atoms with van der Waals surface area (Å²) in [7, 11) is 0. The number of fused-ring (bicyclic) bond motifs is 1. The van der Waals surface area contributed by atoms with E-state index < -0.39 is 21.1 Å². The summed E-state index contributed by atoms with van der Waals surface area (Å²) in [6, 6.07) is 16.0. The molecule has 0 saturated carbocycles. The largest absolute Gasteiger partial charge is 0.494 e. The lowest BCUT2D eigenvalue weighted by Crippen LogP contribution is -2.21. The van der Waals surface area contributed by atoms with Gasteiger partial charge in [0, 0.05) is 29.3 Å². The number of nitro benzene ring substituents is 1. The van der Waals surface area contributed by atoms with E-state index in [1.54, 1.807) is 24.3 Å². The second-order valence-corrected chi connectivity index (χ2v) is 11.3. The molecule has 0 aliphatic rings. The Hall–Kier alpha value is -5.50. The van der Waals surface area contributed by atoms with E-state index in [0.717, 1.165) is 23.1 Å². The first-order valence-corrected chi connectivity index (χ1v) is 14.9. The summed E-state index contributed by atoms with van der Waals surface area (Å²) < 4.78 is 12.9. The molecule has 3 aromatic carbocycles. The summed E-state index contributed by atoms with van der Waals surface area (Å²) in [5, 5.41) is 27.8. The highest BCUT2D eigenvalue weighted by Crippen LogP contribution is 2.39. The number of benzene rings is 3. The van der Waals surface area contributed by atoms with E-state index in [0.29, 0.717) is 28.9 Å². The van der Waals surface area contributed by atoms with Crippen molar-refractivity contribution in [1.82, 2.24) is 14.6 Å². The highest BCUT2D eigenvalue weighted by molar-refractivity contribution is 9.10. The van der Waals surface area contributed by atoms with E-state index in [2.05, 4.69) is 26.0 Å². The van der Waals surface area contributed by atoms with Gasteiger partial charge in [-0.15, -0.1) is 0 Å². The van der Waals surface area contributed by atoms with E-state index >= 15 is 0 Å². The van der Waals surface area contributed by atoms with Crippen LogP contribution in [0.15, 0.2) is 81.2 Å². The molecule has 5 rings (SSSR count). The molecule has 0 N–H and O–H groups in total. The SMILES string of the molecule is CCOc1cc(C)c(-c2nc3ccccc3c(=O)n2N=Cc2cc(Br)c(Oc3ccc([N+](=O)[O-])cn3)c([N+](=O)[O-])c2)cc1C(C)C. The summed E-state index contributed by atoms with van der Waals surface area (Å²) in [5.41, 5.74) is 2.10. The molecule has 0 bridgehead atoms. The van der Waals surface area contributed by atoms with Crippen LogP contribution in [0.25, 0.3) is 22.3 Å². The molecular weight excluding hydrogens is 660 g/mol. The van der Waals surface area contributed by atoms with Crippen LogP contribution in [0.4, 0.5) is 11.4 Å². The number of pyridine rings is 1. The Labute approximate surface area is 270 Å². The van der Waals surface area contributed by atoms with Crippen LogP contribution in [-0.2, 0) is 0 Å². The number of hydrogen-bond donors (Lipinski definition) is 0. The monoisotopic (exact) mass is 686 g/mol. The number of rotatable bonds is 10. The summed E-state index contributed by atoms with van der Waals surface area (Å²) >= 11 is 3.32. The second kappa shape index (κ2) is 13.2. The molecule has 0 unspecified atom stereocenters. The zero-order valence-electron chi connectivity index (χ0n) is 25.1. The summed E-state index contributed by atoms with van der Waals surface area (Å²) in [4.78, 5) is 44.2. The molecule has 14 heteroatoms. The van der Waals surface area contributed by atoms with Gasteiger partial charge in [0.25, 0.3) is 11.2 Å². The lowest BCUT2D eigenvalue weighted by Gasteiger charge is -2.18. The normalized spacial score (nSPS) is 11.3. The van der Waals surface area contributed by atoms with Crippen LogP contribution in [0.5, 0.6) is 17.4 Å². The number of nitro groups is 2. The van der Waals surface area contributed by atoms with Crippen molar-refractivity contribution >= 4 is 44.4 Å². The van der Waals surface area contributed by atoms with Gasteiger partial charge in [-0.3, -0.25) is 25.0 Å². The average Bonchev–Trinajstić information content (AvgIpc) is 3.02. The van der Waals surface area contributed by atoms with Crippen LogP contribution in [-0.4, -0.2) is 37.3 Å². The third kappa shape index (κ3) is 6.47. The number of para-hydroxylation sites is 1. The fourth-order valence-corrected chi connectivity index (χ4v) is 5.30. The minimum Gasteiger partial charge on any atom is -0.494 e. The van der Waals surface area contributed by atoms with Gasteiger partial charge in [-0.05, 0) is 77.2 Å². The number of aromatic nitrogens is 3. The fourth-order valence-electron chi connectivity index (χ4n) is 4.76. The average molecular weight is 688 g/mol. The van der Waals surface area contributed by atoms with E-state index in [-0.39, 0.29) is 33.3 Å². The molecule has 13 nitrogen and oxygen atoms in total. The lowest BCUT2D eigenvalue weighted by molar-refractivity contribution is -0.385. The molecule has 0 saturated heterocycles. The predicted molar refractivity (Wildman–Crippen MR) is 176 cm³/mol. The number of hydrogen-bond acceptors (Lipinski definition) is 10. The van der Waals surface area contributed by atoms with Gasteiger partial charge < -0.3 is 9.47 Å². The first-order valence-electron chi connectivity index (χ1n) is 14.1. The minimum absolute atomic E-state index is 0.0826. The Morgan fingerprint density at radius 1 is 1.07 bits per heavy atom. The highest BCUT2D eigenvalue weighted by atomic mass is 79.9. The van der Waals surface area contributed by atoms with Crippen LogP contribution in [0.2, 0.25) is 0 Å². The number of halogens is 1. The minimum atomic E-state index is -0.644. The van der Waals surface area contributed by atoms with Crippen molar-refractivity contribution in [3.63, 3.8) is 0 Å². The Kier molecular flexibility index (Phi) is 9.18. The highest BCUT2D eigenvalue weighted by Gasteiger charge is 2.23. The van der Waals surface area contributed by atoms with Gasteiger partial charge in [0.1, 0.15) is 11.9 Å². The number of aryl methyl sites for hydroxylation is 1. The fraction of sp³-hybridized carbons (Fsp3) is 0.188. The van der Waals surface area contributed by atoms with Crippen molar-refractivity contribution in [2.24, 2.45) is 5.10 Å². The van der Waals surface area contributed by atoms with Gasteiger partial charge in [0.05, 0.1) is 38.0 Å². The molecule has 46 heavy (non-hydrogen) atoms. The summed E-state index contributed by atoms with van der Waals surface area (Å²) in [6.07, 6.45) is 2.31. The van der Waals surface area contributed by atoms with Gasteiger partial charge in [0.15, 0.2) is 5.82 Å². The van der Waals surface area contributed by atoms with Gasteiger partial charge in [-0.1, -0.05) is 26.0 Å².